The van der Waals surface area contributed by atoms with E-state index in [1.54, 1.807) is 0 Å². The molecule has 0 amide bonds. The first kappa shape index (κ1) is 11.9. The average Bonchev–Trinajstić information content (AvgIpc) is 1.97. The Morgan fingerprint density at radius 3 is 1.33 bits per heavy atom. The van der Waals surface area contributed by atoms with Gasteiger partial charge in [-0.15, -0.1) is 0 Å². The van der Waals surface area contributed by atoms with Crippen LogP contribution in [-0.2, 0) is 20.1 Å². The van der Waals surface area contributed by atoms with Crippen molar-refractivity contribution in [3.05, 3.63) is 33.9 Å². The molecule has 0 aliphatic heterocycles. The van der Waals surface area contributed by atoms with Crippen LogP contribution in [0.2, 0.25) is 0 Å². The SMILES string of the molecule is Cc1cc(C)c(C)c(C)c1C.[Tc]. The van der Waals surface area contributed by atoms with Gasteiger partial charge in [-0.25, -0.2) is 0 Å². The summed E-state index contributed by atoms with van der Waals surface area (Å²) in [6.07, 6.45) is 0. The van der Waals surface area contributed by atoms with Gasteiger partial charge in [0.05, 0.1) is 0 Å². The molecule has 1 aromatic rings. The molecule has 1 radical (unpaired) electrons. The molecule has 1 rings (SSSR count). The fourth-order valence-electron chi connectivity index (χ4n) is 1.41. The maximum absolute atomic E-state index is 2.26. The molecule has 0 N–H and O–H groups in total. The first-order valence-electron chi connectivity index (χ1n) is 4.08. The Morgan fingerprint density at radius 2 is 1.00 bits per heavy atom. The quantitative estimate of drug-likeness (QED) is 0.659. The molecule has 0 aliphatic rings. The van der Waals surface area contributed by atoms with Gasteiger partial charge < -0.3 is 0 Å². The normalized spacial score (nSPS) is 9.42. The zero-order valence-electron chi connectivity index (χ0n) is 8.46. The molecule has 1 heteroatoms. The van der Waals surface area contributed by atoms with Crippen molar-refractivity contribution in [2.24, 2.45) is 0 Å². The molecule has 12 heavy (non-hydrogen) atoms. The number of aryl methyl sites for hydroxylation is 2. The number of benzene rings is 1. The Balaban J connectivity index is 0.00000121. The maximum Gasteiger partial charge on any atom is 0 e. The molecule has 0 unspecified atom stereocenters. The molecule has 0 bridgehead atoms. The monoisotopic (exact) mass is 245 g/mol. The Morgan fingerprint density at radius 1 is 0.667 bits per heavy atom. The topological polar surface area (TPSA) is 0 Å². The molecular formula is C11H16Tc. The third-order valence-corrected chi connectivity index (χ3v) is 2.74. The van der Waals surface area contributed by atoms with Crippen LogP contribution in [0.4, 0.5) is 0 Å². The second-order valence-electron chi connectivity index (χ2n) is 3.39. The van der Waals surface area contributed by atoms with Crippen molar-refractivity contribution in [1.82, 2.24) is 0 Å². The Labute approximate surface area is 88.7 Å². The molecule has 1 aromatic carbocycles. The van der Waals surface area contributed by atoms with Gasteiger partial charge in [0.15, 0.2) is 0 Å². The summed E-state index contributed by atoms with van der Waals surface area (Å²) < 4.78 is 0. The van der Waals surface area contributed by atoms with E-state index in [0.717, 1.165) is 0 Å². The smallest absolute Gasteiger partial charge is 0 e. The van der Waals surface area contributed by atoms with Crippen molar-refractivity contribution < 1.29 is 20.1 Å². The molecule has 0 saturated heterocycles. The average molecular weight is 246 g/mol. The molecule has 0 aliphatic carbocycles. The van der Waals surface area contributed by atoms with Crippen LogP contribution >= 0.6 is 0 Å². The van der Waals surface area contributed by atoms with Crippen molar-refractivity contribution in [3.8, 4) is 0 Å². The van der Waals surface area contributed by atoms with Crippen LogP contribution in [0.3, 0.4) is 0 Å². The standard InChI is InChI=1S/C11H16.Tc/c1-7-6-8(2)10(4)11(5)9(7)3;/h6H,1-5H3;. The van der Waals surface area contributed by atoms with Crippen molar-refractivity contribution in [1.29, 1.82) is 0 Å². The van der Waals surface area contributed by atoms with Gasteiger partial charge in [0.1, 0.15) is 0 Å². The molecule has 0 aromatic heterocycles. The van der Waals surface area contributed by atoms with E-state index in [9.17, 15) is 0 Å². The van der Waals surface area contributed by atoms with Gasteiger partial charge in [0, 0.05) is 20.1 Å². The first-order valence-corrected chi connectivity index (χ1v) is 4.08. The summed E-state index contributed by atoms with van der Waals surface area (Å²) in [5.41, 5.74) is 7.14. The fourth-order valence-corrected chi connectivity index (χ4v) is 1.41. The van der Waals surface area contributed by atoms with Gasteiger partial charge in [-0.2, -0.15) is 0 Å². The zero-order valence-corrected chi connectivity index (χ0v) is 10.3. The summed E-state index contributed by atoms with van der Waals surface area (Å²) in [5, 5.41) is 0. The van der Waals surface area contributed by atoms with Crippen molar-refractivity contribution in [3.63, 3.8) is 0 Å². The largest absolute Gasteiger partial charge is 0.0558 e. The molecule has 0 heterocycles. The van der Waals surface area contributed by atoms with Gasteiger partial charge in [-0.3, -0.25) is 0 Å². The third-order valence-electron chi connectivity index (χ3n) is 2.74. The van der Waals surface area contributed by atoms with Gasteiger partial charge in [0.25, 0.3) is 0 Å². The molecule has 0 fully saturated rings. The van der Waals surface area contributed by atoms with E-state index in [1.807, 2.05) is 0 Å². The van der Waals surface area contributed by atoms with E-state index in [-0.39, 0.29) is 20.1 Å². The van der Waals surface area contributed by atoms with Crippen molar-refractivity contribution in [2.75, 3.05) is 0 Å². The zero-order chi connectivity index (χ0) is 8.59. The summed E-state index contributed by atoms with van der Waals surface area (Å²) in [6, 6.07) is 2.26. The fraction of sp³-hybridized carbons (Fsp3) is 0.455. The summed E-state index contributed by atoms with van der Waals surface area (Å²) >= 11 is 0. The van der Waals surface area contributed by atoms with Gasteiger partial charge >= 0.3 is 0 Å². The second-order valence-corrected chi connectivity index (χ2v) is 3.39. The van der Waals surface area contributed by atoms with Crippen LogP contribution < -0.4 is 0 Å². The molecular weight excluding hydrogens is 230 g/mol. The van der Waals surface area contributed by atoms with Gasteiger partial charge in [-0.05, 0) is 62.4 Å². The number of rotatable bonds is 0. The van der Waals surface area contributed by atoms with E-state index in [4.69, 9.17) is 0 Å². The Hall–Kier alpha value is -0.131. The van der Waals surface area contributed by atoms with E-state index < -0.39 is 0 Å². The van der Waals surface area contributed by atoms with E-state index in [1.165, 1.54) is 27.8 Å². The predicted octanol–water partition coefficient (Wildman–Crippen LogP) is 3.23. The molecule has 0 atom stereocenters. The maximum atomic E-state index is 2.26. The third kappa shape index (κ3) is 1.97. The second kappa shape index (κ2) is 4.20. The minimum Gasteiger partial charge on any atom is -0.0558 e. The van der Waals surface area contributed by atoms with E-state index >= 15 is 0 Å². The molecule has 0 spiro atoms. The number of hydrogen-bond acceptors (Lipinski definition) is 0. The minimum absolute atomic E-state index is 0. The summed E-state index contributed by atoms with van der Waals surface area (Å²) in [6.45, 7) is 10.9. The summed E-state index contributed by atoms with van der Waals surface area (Å²) in [7, 11) is 0. The van der Waals surface area contributed by atoms with E-state index in [2.05, 4.69) is 40.7 Å². The Kier molecular flexibility index (Phi) is 4.16. The molecule has 0 nitrogen and oxygen atoms in total. The summed E-state index contributed by atoms with van der Waals surface area (Å²) in [5.74, 6) is 0. The minimum atomic E-state index is 0. The van der Waals surface area contributed by atoms with Gasteiger partial charge in [-0.1, -0.05) is 6.07 Å². The predicted molar refractivity (Wildman–Crippen MR) is 50.1 cm³/mol. The molecule has 67 valence electrons. The summed E-state index contributed by atoms with van der Waals surface area (Å²) in [4.78, 5) is 0. The Bertz CT molecular complexity index is 261. The van der Waals surface area contributed by atoms with Crippen LogP contribution in [-0.4, -0.2) is 0 Å². The van der Waals surface area contributed by atoms with Gasteiger partial charge in [0.2, 0.25) is 0 Å². The van der Waals surface area contributed by atoms with Crippen LogP contribution in [0.5, 0.6) is 0 Å². The number of hydrogen-bond donors (Lipinski definition) is 0. The van der Waals surface area contributed by atoms with Crippen molar-refractivity contribution >= 4 is 0 Å². The van der Waals surface area contributed by atoms with Crippen LogP contribution in [0.15, 0.2) is 6.07 Å². The van der Waals surface area contributed by atoms with E-state index in [0.29, 0.717) is 0 Å². The van der Waals surface area contributed by atoms with Crippen LogP contribution in [0.25, 0.3) is 0 Å². The van der Waals surface area contributed by atoms with Crippen LogP contribution in [0.1, 0.15) is 27.8 Å². The first-order chi connectivity index (χ1) is 5.04. The molecule has 0 saturated carbocycles. The van der Waals surface area contributed by atoms with Crippen molar-refractivity contribution in [2.45, 2.75) is 34.6 Å². The van der Waals surface area contributed by atoms with Crippen LogP contribution in [0, 0.1) is 34.6 Å².